The summed E-state index contributed by atoms with van der Waals surface area (Å²) >= 11 is 0. The number of ether oxygens (including phenoxy) is 1. The van der Waals surface area contributed by atoms with Crippen LogP contribution in [0.2, 0.25) is 0 Å². The molecule has 2 amide bonds. The van der Waals surface area contributed by atoms with Gasteiger partial charge < -0.3 is 14.7 Å². The molecule has 0 aliphatic carbocycles. The van der Waals surface area contributed by atoms with Crippen molar-refractivity contribution in [3.63, 3.8) is 0 Å². The van der Waals surface area contributed by atoms with Crippen molar-refractivity contribution in [3.8, 4) is 0 Å². The fraction of sp³-hybridized carbons (Fsp3) is 0.429. The highest BCUT2D eigenvalue weighted by atomic mass is 16.5. The predicted octanol–water partition coefficient (Wildman–Crippen LogP) is 1.34. The van der Waals surface area contributed by atoms with E-state index in [9.17, 15) is 9.59 Å². The summed E-state index contributed by atoms with van der Waals surface area (Å²) in [6.07, 6.45) is 0. The van der Waals surface area contributed by atoms with Gasteiger partial charge in [0.05, 0.1) is 13.2 Å². The van der Waals surface area contributed by atoms with Gasteiger partial charge in [-0.3, -0.25) is 4.90 Å². The summed E-state index contributed by atoms with van der Waals surface area (Å²) in [4.78, 5) is 26.5. The van der Waals surface area contributed by atoms with E-state index in [1.165, 1.54) is 9.80 Å². The number of nitrogens with zero attached hydrogens (tertiary/aromatic N) is 2. The zero-order valence-corrected chi connectivity index (χ0v) is 11.6. The Balaban J connectivity index is 2.18. The molecule has 0 radical (unpaired) electrons. The molecule has 1 N–H and O–H groups in total. The second kappa shape index (κ2) is 5.92. The Morgan fingerprint density at radius 2 is 2.20 bits per heavy atom. The van der Waals surface area contributed by atoms with E-state index in [4.69, 9.17) is 9.84 Å². The first-order valence-electron chi connectivity index (χ1n) is 6.42. The summed E-state index contributed by atoms with van der Waals surface area (Å²) in [6, 6.07) is 6.25. The number of carbonyl (C=O) groups is 2. The van der Waals surface area contributed by atoms with Crippen LogP contribution in [-0.2, 0) is 9.53 Å². The lowest BCUT2D eigenvalue weighted by Gasteiger charge is -2.35. The minimum Gasteiger partial charge on any atom is -0.480 e. The third-order valence-corrected chi connectivity index (χ3v) is 3.34. The van der Waals surface area contributed by atoms with Crippen LogP contribution < -0.4 is 4.90 Å². The van der Waals surface area contributed by atoms with E-state index in [-0.39, 0.29) is 19.2 Å². The Bertz CT molecular complexity index is 518. The molecule has 108 valence electrons. The quantitative estimate of drug-likeness (QED) is 0.886. The van der Waals surface area contributed by atoms with Crippen molar-refractivity contribution in [2.45, 2.75) is 13.0 Å². The Hall–Kier alpha value is -2.08. The highest BCUT2D eigenvalue weighted by Crippen LogP contribution is 2.18. The zero-order chi connectivity index (χ0) is 14.7. The number of amides is 2. The SMILES string of the molecule is Cc1cccc(N(C)C(=O)N2CCOCC2C(=O)O)c1. The number of aliphatic carboxylic acids is 1. The zero-order valence-electron chi connectivity index (χ0n) is 11.6. The number of benzene rings is 1. The largest absolute Gasteiger partial charge is 0.480 e. The summed E-state index contributed by atoms with van der Waals surface area (Å²) in [5.74, 6) is -1.05. The molecule has 6 nitrogen and oxygen atoms in total. The topological polar surface area (TPSA) is 70.1 Å². The second-order valence-electron chi connectivity index (χ2n) is 4.80. The molecule has 0 bridgehead atoms. The van der Waals surface area contributed by atoms with Crippen molar-refractivity contribution in [1.82, 2.24) is 4.90 Å². The normalized spacial score (nSPS) is 18.7. The summed E-state index contributed by atoms with van der Waals surface area (Å²) in [6.45, 7) is 2.61. The van der Waals surface area contributed by atoms with E-state index in [0.29, 0.717) is 6.61 Å². The van der Waals surface area contributed by atoms with E-state index in [2.05, 4.69) is 0 Å². The fourth-order valence-corrected chi connectivity index (χ4v) is 2.18. The van der Waals surface area contributed by atoms with Gasteiger partial charge in [-0.25, -0.2) is 9.59 Å². The van der Waals surface area contributed by atoms with E-state index >= 15 is 0 Å². The second-order valence-corrected chi connectivity index (χ2v) is 4.80. The van der Waals surface area contributed by atoms with Gasteiger partial charge in [0.25, 0.3) is 0 Å². The molecule has 1 heterocycles. The molecule has 1 saturated heterocycles. The van der Waals surface area contributed by atoms with Crippen LogP contribution in [0.5, 0.6) is 0 Å². The van der Waals surface area contributed by atoms with Crippen LogP contribution in [-0.4, -0.2) is 54.9 Å². The van der Waals surface area contributed by atoms with Gasteiger partial charge in [0, 0.05) is 19.3 Å². The molecule has 6 heteroatoms. The van der Waals surface area contributed by atoms with Crippen LogP contribution in [0.3, 0.4) is 0 Å². The third kappa shape index (κ3) is 2.91. The van der Waals surface area contributed by atoms with E-state index in [1.54, 1.807) is 7.05 Å². The van der Waals surface area contributed by atoms with Gasteiger partial charge in [-0.15, -0.1) is 0 Å². The maximum atomic E-state index is 12.5. The molecule has 1 aromatic rings. The number of morpholine rings is 1. The van der Waals surface area contributed by atoms with Gasteiger partial charge in [-0.2, -0.15) is 0 Å². The van der Waals surface area contributed by atoms with Crippen LogP contribution in [0, 0.1) is 6.92 Å². The molecule has 0 spiro atoms. The number of rotatable bonds is 2. The number of anilines is 1. The van der Waals surface area contributed by atoms with Gasteiger partial charge >= 0.3 is 12.0 Å². The van der Waals surface area contributed by atoms with Gasteiger partial charge in [-0.05, 0) is 24.6 Å². The molecule has 2 rings (SSSR count). The fourth-order valence-electron chi connectivity index (χ4n) is 2.18. The third-order valence-electron chi connectivity index (χ3n) is 3.34. The van der Waals surface area contributed by atoms with E-state index in [0.717, 1.165) is 11.3 Å². The summed E-state index contributed by atoms with van der Waals surface area (Å²) in [7, 11) is 1.64. The van der Waals surface area contributed by atoms with Crippen molar-refractivity contribution in [3.05, 3.63) is 29.8 Å². The van der Waals surface area contributed by atoms with Crippen LogP contribution in [0.4, 0.5) is 10.5 Å². The number of carboxylic acids is 1. The van der Waals surface area contributed by atoms with Crippen molar-refractivity contribution in [2.75, 3.05) is 31.7 Å². The van der Waals surface area contributed by atoms with Crippen LogP contribution in [0.15, 0.2) is 24.3 Å². The van der Waals surface area contributed by atoms with Crippen molar-refractivity contribution >= 4 is 17.7 Å². The standard InChI is InChI=1S/C14H18N2O4/c1-10-4-3-5-11(8-10)15(2)14(19)16-6-7-20-9-12(16)13(17)18/h3-5,8,12H,6-7,9H2,1-2H3,(H,17,18). The molecule has 1 aliphatic rings. The van der Waals surface area contributed by atoms with Gasteiger partial charge in [0.2, 0.25) is 0 Å². The first-order chi connectivity index (χ1) is 9.50. The Labute approximate surface area is 117 Å². The summed E-state index contributed by atoms with van der Waals surface area (Å²) in [5.41, 5.74) is 1.78. The summed E-state index contributed by atoms with van der Waals surface area (Å²) in [5, 5.41) is 9.16. The molecule has 1 unspecified atom stereocenters. The highest BCUT2D eigenvalue weighted by molar-refractivity contribution is 5.94. The minimum absolute atomic E-state index is 0.0305. The molecule has 1 fully saturated rings. The van der Waals surface area contributed by atoms with Gasteiger partial charge in [0.15, 0.2) is 6.04 Å². The maximum absolute atomic E-state index is 12.5. The van der Waals surface area contributed by atoms with Crippen LogP contribution >= 0.6 is 0 Å². The molecule has 1 aromatic carbocycles. The maximum Gasteiger partial charge on any atom is 0.328 e. The molecule has 20 heavy (non-hydrogen) atoms. The Kier molecular flexibility index (Phi) is 4.24. The van der Waals surface area contributed by atoms with Crippen LogP contribution in [0.25, 0.3) is 0 Å². The number of hydrogen-bond donors (Lipinski definition) is 1. The monoisotopic (exact) mass is 278 g/mol. The van der Waals surface area contributed by atoms with Crippen LogP contribution in [0.1, 0.15) is 5.56 Å². The van der Waals surface area contributed by atoms with Crippen molar-refractivity contribution in [2.24, 2.45) is 0 Å². The van der Waals surface area contributed by atoms with E-state index in [1.807, 2.05) is 31.2 Å². The average Bonchev–Trinajstić information content (AvgIpc) is 2.45. The molecule has 1 atom stereocenters. The summed E-state index contributed by atoms with van der Waals surface area (Å²) < 4.78 is 5.14. The molecular formula is C14H18N2O4. The predicted molar refractivity (Wildman–Crippen MR) is 73.9 cm³/mol. The first-order valence-corrected chi connectivity index (χ1v) is 6.42. The highest BCUT2D eigenvalue weighted by Gasteiger charge is 2.34. The van der Waals surface area contributed by atoms with E-state index < -0.39 is 12.0 Å². The molecule has 1 aliphatic heterocycles. The minimum atomic E-state index is -1.05. The van der Waals surface area contributed by atoms with Crippen molar-refractivity contribution < 1.29 is 19.4 Å². The smallest absolute Gasteiger partial charge is 0.328 e. The molecule has 0 saturated carbocycles. The molecule has 0 aromatic heterocycles. The van der Waals surface area contributed by atoms with Crippen molar-refractivity contribution in [1.29, 1.82) is 0 Å². The molecular weight excluding hydrogens is 260 g/mol. The lowest BCUT2D eigenvalue weighted by atomic mass is 10.2. The lowest BCUT2D eigenvalue weighted by molar-refractivity contribution is -0.147. The van der Waals surface area contributed by atoms with Gasteiger partial charge in [0.1, 0.15) is 0 Å². The first kappa shape index (κ1) is 14.3. The average molecular weight is 278 g/mol. The number of carbonyl (C=O) groups excluding carboxylic acids is 1. The van der Waals surface area contributed by atoms with Gasteiger partial charge in [-0.1, -0.05) is 12.1 Å². The number of carboxylic acid groups (broad SMARTS) is 1. The number of aryl methyl sites for hydroxylation is 1. The Morgan fingerprint density at radius 3 is 2.85 bits per heavy atom. The lowest BCUT2D eigenvalue weighted by Crippen LogP contribution is -2.56. The Morgan fingerprint density at radius 1 is 1.45 bits per heavy atom. The number of urea groups is 1. The number of hydrogen-bond acceptors (Lipinski definition) is 3.